The highest BCUT2D eigenvalue weighted by atomic mass is 19.3. The molecular weight excluding hydrogens is 316 g/mol. The Morgan fingerprint density at radius 3 is 2.67 bits per heavy atom. The second-order valence-corrected chi connectivity index (χ2v) is 5.69. The molecule has 2 aromatic rings. The summed E-state index contributed by atoms with van der Waals surface area (Å²) in [5, 5.41) is 16.7. The fourth-order valence-electron chi connectivity index (χ4n) is 2.68. The maximum absolute atomic E-state index is 12.5. The van der Waals surface area contributed by atoms with E-state index >= 15 is 0 Å². The molecule has 0 fully saturated rings. The molecule has 0 aliphatic rings. The van der Waals surface area contributed by atoms with Crippen molar-refractivity contribution in [2.75, 3.05) is 6.61 Å². The van der Waals surface area contributed by atoms with Crippen LogP contribution >= 0.6 is 0 Å². The number of aryl methyl sites for hydroxylation is 2. The summed E-state index contributed by atoms with van der Waals surface area (Å²) in [6.45, 7) is 4.39. The minimum absolute atomic E-state index is 0.0342. The van der Waals surface area contributed by atoms with Crippen LogP contribution in [0.5, 0.6) is 5.75 Å². The van der Waals surface area contributed by atoms with Gasteiger partial charge in [-0.3, -0.25) is 4.68 Å². The number of benzene rings is 1. The molecule has 0 atom stereocenters. The molecule has 0 spiro atoms. The van der Waals surface area contributed by atoms with Crippen molar-refractivity contribution >= 4 is 0 Å². The van der Waals surface area contributed by atoms with Crippen molar-refractivity contribution < 1.29 is 18.6 Å². The van der Waals surface area contributed by atoms with Crippen LogP contribution in [0.4, 0.5) is 8.78 Å². The molecule has 24 heavy (non-hydrogen) atoms. The van der Waals surface area contributed by atoms with E-state index in [1.807, 2.05) is 26.8 Å². The summed E-state index contributed by atoms with van der Waals surface area (Å²) in [6, 6.07) is 5.14. The molecule has 0 aliphatic carbocycles. The van der Waals surface area contributed by atoms with Gasteiger partial charge >= 0.3 is 6.61 Å². The molecule has 1 aromatic heterocycles. The van der Waals surface area contributed by atoms with E-state index < -0.39 is 6.61 Å². The van der Waals surface area contributed by atoms with Gasteiger partial charge in [-0.1, -0.05) is 17.7 Å². The molecule has 2 N–H and O–H groups in total. The van der Waals surface area contributed by atoms with Crippen LogP contribution < -0.4 is 10.1 Å². The Kier molecular flexibility index (Phi) is 6.28. The van der Waals surface area contributed by atoms with Crippen LogP contribution in [0.3, 0.4) is 0 Å². The summed E-state index contributed by atoms with van der Waals surface area (Å²) in [5.41, 5.74) is 4.60. The molecule has 0 bridgehead atoms. The highest BCUT2D eigenvalue weighted by molar-refractivity contribution is 5.37. The number of aromatic nitrogens is 2. The van der Waals surface area contributed by atoms with Gasteiger partial charge in [0.2, 0.25) is 0 Å². The number of ether oxygens (including phenoxy) is 1. The third-order valence-corrected chi connectivity index (χ3v) is 3.89. The summed E-state index contributed by atoms with van der Waals surface area (Å²) in [4.78, 5) is 0. The van der Waals surface area contributed by atoms with E-state index in [-0.39, 0.29) is 12.4 Å². The lowest BCUT2D eigenvalue weighted by atomic mass is 10.1. The lowest BCUT2D eigenvalue weighted by Gasteiger charge is -2.12. The fourth-order valence-corrected chi connectivity index (χ4v) is 2.68. The number of nitrogens with one attached hydrogen (secondary N) is 1. The van der Waals surface area contributed by atoms with E-state index in [9.17, 15) is 8.78 Å². The molecule has 0 aliphatic heterocycles. The van der Waals surface area contributed by atoms with Crippen LogP contribution in [0, 0.1) is 20.8 Å². The van der Waals surface area contributed by atoms with E-state index in [2.05, 4.69) is 15.2 Å². The maximum Gasteiger partial charge on any atom is 0.387 e. The smallest absolute Gasteiger partial charge is 0.387 e. The Balaban J connectivity index is 2.06. The average molecular weight is 339 g/mol. The summed E-state index contributed by atoms with van der Waals surface area (Å²) in [6.07, 6.45) is 0. The van der Waals surface area contributed by atoms with Crippen molar-refractivity contribution in [1.29, 1.82) is 0 Å². The Labute approximate surface area is 140 Å². The molecule has 1 heterocycles. The molecule has 0 radical (unpaired) electrons. The highest BCUT2D eigenvalue weighted by Crippen LogP contribution is 2.22. The SMILES string of the molecule is Cc1ccc(OC(F)F)c(CNCc2c(C)nn(CCO)c2C)c1. The summed E-state index contributed by atoms with van der Waals surface area (Å²) >= 11 is 0. The predicted molar refractivity (Wildman–Crippen MR) is 87.1 cm³/mol. The van der Waals surface area contributed by atoms with Crippen LogP contribution in [-0.2, 0) is 19.6 Å². The first-order valence-electron chi connectivity index (χ1n) is 7.81. The number of nitrogens with zero attached hydrogens (tertiary/aromatic N) is 2. The minimum atomic E-state index is -2.84. The number of rotatable bonds is 8. The molecule has 0 saturated heterocycles. The quantitative estimate of drug-likeness (QED) is 0.776. The molecule has 0 saturated carbocycles. The Morgan fingerprint density at radius 1 is 1.25 bits per heavy atom. The van der Waals surface area contributed by atoms with Gasteiger partial charge in [0.05, 0.1) is 18.8 Å². The van der Waals surface area contributed by atoms with Crippen LogP contribution in [0.2, 0.25) is 0 Å². The highest BCUT2D eigenvalue weighted by Gasteiger charge is 2.13. The zero-order chi connectivity index (χ0) is 17.7. The first-order chi connectivity index (χ1) is 11.4. The Morgan fingerprint density at radius 2 is 2.00 bits per heavy atom. The monoisotopic (exact) mass is 339 g/mol. The summed E-state index contributed by atoms with van der Waals surface area (Å²) < 4.78 is 31.3. The van der Waals surface area contributed by atoms with Gasteiger partial charge in [-0.25, -0.2) is 0 Å². The van der Waals surface area contributed by atoms with E-state index in [1.165, 1.54) is 0 Å². The van der Waals surface area contributed by atoms with Crippen molar-refractivity contribution in [2.45, 2.75) is 47.0 Å². The summed E-state index contributed by atoms with van der Waals surface area (Å²) in [5.74, 6) is 0.188. The second-order valence-electron chi connectivity index (χ2n) is 5.69. The van der Waals surface area contributed by atoms with Gasteiger partial charge in [-0.05, 0) is 26.8 Å². The summed E-state index contributed by atoms with van der Waals surface area (Å²) in [7, 11) is 0. The van der Waals surface area contributed by atoms with E-state index in [4.69, 9.17) is 5.11 Å². The lowest BCUT2D eigenvalue weighted by Crippen LogP contribution is -2.16. The van der Waals surface area contributed by atoms with Crippen molar-refractivity contribution in [3.8, 4) is 5.75 Å². The van der Waals surface area contributed by atoms with E-state index in [0.717, 1.165) is 22.5 Å². The number of alkyl halides is 2. The van der Waals surface area contributed by atoms with Crippen LogP contribution in [-0.4, -0.2) is 28.1 Å². The number of aliphatic hydroxyl groups is 1. The van der Waals surface area contributed by atoms with Crippen LogP contribution in [0.25, 0.3) is 0 Å². The topological polar surface area (TPSA) is 59.3 Å². The molecule has 5 nitrogen and oxygen atoms in total. The number of hydrogen-bond acceptors (Lipinski definition) is 4. The molecule has 7 heteroatoms. The molecular formula is C17H23F2N3O2. The Bertz CT molecular complexity index is 687. The molecule has 1 aromatic carbocycles. The molecule has 0 unspecified atom stereocenters. The van der Waals surface area contributed by atoms with Crippen molar-refractivity contribution in [3.05, 3.63) is 46.3 Å². The maximum atomic E-state index is 12.5. The minimum Gasteiger partial charge on any atom is -0.434 e. The normalized spacial score (nSPS) is 11.3. The van der Waals surface area contributed by atoms with E-state index in [0.29, 0.717) is 25.2 Å². The van der Waals surface area contributed by atoms with Gasteiger partial charge in [0, 0.05) is 29.9 Å². The zero-order valence-corrected chi connectivity index (χ0v) is 14.1. The van der Waals surface area contributed by atoms with Gasteiger partial charge < -0.3 is 15.2 Å². The van der Waals surface area contributed by atoms with Crippen molar-refractivity contribution in [2.24, 2.45) is 0 Å². The van der Waals surface area contributed by atoms with Crippen molar-refractivity contribution in [3.63, 3.8) is 0 Å². The van der Waals surface area contributed by atoms with Crippen LogP contribution in [0.15, 0.2) is 18.2 Å². The number of hydrogen-bond donors (Lipinski definition) is 2. The molecule has 132 valence electrons. The number of aliphatic hydroxyl groups excluding tert-OH is 1. The second kappa shape index (κ2) is 8.21. The van der Waals surface area contributed by atoms with Gasteiger partial charge in [-0.2, -0.15) is 13.9 Å². The zero-order valence-electron chi connectivity index (χ0n) is 14.1. The lowest BCUT2D eigenvalue weighted by molar-refractivity contribution is -0.0505. The van der Waals surface area contributed by atoms with Gasteiger partial charge in [0.1, 0.15) is 5.75 Å². The Hall–Kier alpha value is -1.99. The largest absolute Gasteiger partial charge is 0.434 e. The fraction of sp³-hybridized carbons (Fsp3) is 0.471. The first kappa shape index (κ1) is 18.4. The number of halogens is 2. The standard InChI is InChI=1S/C17H23F2N3O2/c1-11-4-5-16(24-17(18)19)14(8-11)9-20-10-15-12(2)21-22(6-7-23)13(15)3/h4-5,8,17,20,23H,6-7,9-10H2,1-3H3. The van der Waals surface area contributed by atoms with Crippen LogP contribution in [0.1, 0.15) is 28.1 Å². The molecule has 0 amide bonds. The average Bonchev–Trinajstić information content (AvgIpc) is 2.77. The van der Waals surface area contributed by atoms with Gasteiger partial charge in [-0.15, -0.1) is 0 Å². The molecule has 2 rings (SSSR count). The van der Waals surface area contributed by atoms with Crippen molar-refractivity contribution in [1.82, 2.24) is 15.1 Å². The van der Waals surface area contributed by atoms with Gasteiger partial charge in [0.15, 0.2) is 0 Å². The van der Waals surface area contributed by atoms with E-state index in [1.54, 1.807) is 16.8 Å². The first-order valence-corrected chi connectivity index (χ1v) is 7.81. The predicted octanol–water partition coefficient (Wildman–Crippen LogP) is 2.69. The van der Waals surface area contributed by atoms with Gasteiger partial charge in [0.25, 0.3) is 0 Å². The third-order valence-electron chi connectivity index (χ3n) is 3.89. The third kappa shape index (κ3) is 4.52.